The van der Waals surface area contributed by atoms with E-state index in [1.54, 1.807) is 0 Å². The summed E-state index contributed by atoms with van der Waals surface area (Å²) in [5.74, 6) is -0.199. The summed E-state index contributed by atoms with van der Waals surface area (Å²) in [4.78, 5) is 13.1. The summed E-state index contributed by atoms with van der Waals surface area (Å²) in [5.41, 5.74) is 1.76. The standard InChI is InChI=1S/C11H19NO2/c1-8(2)6-9-4-5-12(3)7-10(9)11(13)14/h8H,4-7H2,1-3H3,(H,13,14). The summed E-state index contributed by atoms with van der Waals surface area (Å²) in [7, 11) is 1.97. The van der Waals surface area contributed by atoms with E-state index in [1.165, 1.54) is 0 Å². The van der Waals surface area contributed by atoms with Crippen LogP contribution in [0.3, 0.4) is 0 Å². The van der Waals surface area contributed by atoms with Crippen molar-refractivity contribution in [2.24, 2.45) is 5.92 Å². The van der Waals surface area contributed by atoms with E-state index in [0.29, 0.717) is 18.0 Å². The second-order valence-corrected chi connectivity index (χ2v) is 4.47. The van der Waals surface area contributed by atoms with Gasteiger partial charge in [-0.25, -0.2) is 4.79 Å². The Morgan fingerprint density at radius 1 is 1.57 bits per heavy atom. The SMILES string of the molecule is CC(C)CC1=C(C(=O)O)CN(C)CC1. The molecule has 1 N–H and O–H groups in total. The average Bonchev–Trinajstić information content (AvgIpc) is 2.07. The summed E-state index contributed by atoms with van der Waals surface area (Å²) in [6.45, 7) is 5.84. The molecular weight excluding hydrogens is 178 g/mol. The van der Waals surface area contributed by atoms with Crippen LogP contribution in [0.1, 0.15) is 26.7 Å². The molecule has 14 heavy (non-hydrogen) atoms. The Balaban J connectivity index is 2.82. The van der Waals surface area contributed by atoms with E-state index < -0.39 is 5.97 Å². The minimum Gasteiger partial charge on any atom is -0.478 e. The molecule has 0 aromatic heterocycles. The van der Waals surface area contributed by atoms with Crippen molar-refractivity contribution in [1.82, 2.24) is 4.90 Å². The molecule has 3 nitrogen and oxygen atoms in total. The number of rotatable bonds is 3. The fourth-order valence-electron chi connectivity index (χ4n) is 1.87. The molecule has 0 unspecified atom stereocenters. The van der Waals surface area contributed by atoms with E-state index in [2.05, 4.69) is 18.7 Å². The predicted molar refractivity (Wildman–Crippen MR) is 56.2 cm³/mol. The monoisotopic (exact) mass is 197 g/mol. The van der Waals surface area contributed by atoms with E-state index in [0.717, 1.165) is 25.0 Å². The van der Waals surface area contributed by atoms with Crippen molar-refractivity contribution in [3.8, 4) is 0 Å². The molecule has 3 heteroatoms. The molecule has 0 aromatic rings. The van der Waals surface area contributed by atoms with Crippen LogP contribution in [0.5, 0.6) is 0 Å². The Bertz CT molecular complexity index is 256. The third-order valence-corrected chi connectivity index (χ3v) is 2.56. The highest BCUT2D eigenvalue weighted by Gasteiger charge is 2.21. The number of carboxylic acids is 1. The smallest absolute Gasteiger partial charge is 0.332 e. The molecule has 1 heterocycles. The average molecular weight is 197 g/mol. The molecule has 0 bridgehead atoms. The van der Waals surface area contributed by atoms with Crippen LogP contribution in [0.2, 0.25) is 0 Å². The fourth-order valence-corrected chi connectivity index (χ4v) is 1.87. The lowest BCUT2D eigenvalue weighted by Gasteiger charge is -2.26. The zero-order chi connectivity index (χ0) is 10.7. The van der Waals surface area contributed by atoms with Crippen molar-refractivity contribution in [3.63, 3.8) is 0 Å². The molecule has 80 valence electrons. The number of nitrogens with zero attached hydrogens (tertiary/aromatic N) is 1. The van der Waals surface area contributed by atoms with Gasteiger partial charge in [0.05, 0.1) is 5.57 Å². The van der Waals surface area contributed by atoms with Gasteiger partial charge in [0.2, 0.25) is 0 Å². The highest BCUT2D eigenvalue weighted by molar-refractivity contribution is 5.88. The quantitative estimate of drug-likeness (QED) is 0.749. The van der Waals surface area contributed by atoms with Crippen molar-refractivity contribution in [3.05, 3.63) is 11.1 Å². The van der Waals surface area contributed by atoms with Crippen LogP contribution < -0.4 is 0 Å². The molecule has 0 radical (unpaired) electrons. The third kappa shape index (κ3) is 2.84. The molecular formula is C11H19NO2. The normalized spacial score (nSPS) is 19.1. The van der Waals surface area contributed by atoms with Gasteiger partial charge in [-0.1, -0.05) is 19.4 Å². The highest BCUT2D eigenvalue weighted by Crippen LogP contribution is 2.23. The first kappa shape index (κ1) is 11.2. The first-order chi connectivity index (χ1) is 6.50. The topological polar surface area (TPSA) is 40.5 Å². The Labute approximate surface area is 85.4 Å². The second-order valence-electron chi connectivity index (χ2n) is 4.47. The van der Waals surface area contributed by atoms with Crippen molar-refractivity contribution in [1.29, 1.82) is 0 Å². The molecule has 1 rings (SSSR count). The molecule has 0 aliphatic carbocycles. The molecule has 1 aliphatic heterocycles. The highest BCUT2D eigenvalue weighted by atomic mass is 16.4. The molecule has 0 fully saturated rings. The van der Waals surface area contributed by atoms with Gasteiger partial charge in [0.25, 0.3) is 0 Å². The van der Waals surface area contributed by atoms with Crippen molar-refractivity contribution in [2.75, 3.05) is 20.1 Å². The molecule has 0 amide bonds. The second kappa shape index (κ2) is 4.60. The lowest BCUT2D eigenvalue weighted by Crippen LogP contribution is -2.31. The Morgan fingerprint density at radius 2 is 2.21 bits per heavy atom. The van der Waals surface area contributed by atoms with Gasteiger partial charge in [0, 0.05) is 13.1 Å². The van der Waals surface area contributed by atoms with Crippen LogP contribution in [0.4, 0.5) is 0 Å². The van der Waals surface area contributed by atoms with Crippen LogP contribution >= 0.6 is 0 Å². The maximum Gasteiger partial charge on any atom is 0.332 e. The summed E-state index contributed by atoms with van der Waals surface area (Å²) < 4.78 is 0. The number of aliphatic carboxylic acids is 1. The third-order valence-electron chi connectivity index (χ3n) is 2.56. The van der Waals surface area contributed by atoms with E-state index >= 15 is 0 Å². The zero-order valence-corrected chi connectivity index (χ0v) is 9.21. The fraction of sp³-hybridized carbons (Fsp3) is 0.727. The maximum atomic E-state index is 11.0. The van der Waals surface area contributed by atoms with Gasteiger partial charge in [-0.2, -0.15) is 0 Å². The molecule has 0 saturated carbocycles. The molecule has 0 atom stereocenters. The first-order valence-electron chi connectivity index (χ1n) is 5.13. The zero-order valence-electron chi connectivity index (χ0n) is 9.21. The Kier molecular flexibility index (Phi) is 3.69. The van der Waals surface area contributed by atoms with Crippen molar-refractivity contribution >= 4 is 5.97 Å². The Morgan fingerprint density at radius 3 is 2.71 bits per heavy atom. The lowest BCUT2D eigenvalue weighted by molar-refractivity contribution is -0.133. The minimum atomic E-state index is -0.743. The molecule has 0 saturated heterocycles. The van der Waals surface area contributed by atoms with E-state index in [4.69, 9.17) is 5.11 Å². The van der Waals surface area contributed by atoms with Crippen LogP contribution in [-0.4, -0.2) is 36.1 Å². The van der Waals surface area contributed by atoms with Gasteiger partial charge in [0.1, 0.15) is 0 Å². The first-order valence-corrected chi connectivity index (χ1v) is 5.13. The van der Waals surface area contributed by atoms with Crippen LogP contribution in [0, 0.1) is 5.92 Å². The summed E-state index contributed by atoms with van der Waals surface area (Å²) in [6, 6.07) is 0. The lowest BCUT2D eigenvalue weighted by atomic mass is 9.92. The van der Waals surface area contributed by atoms with E-state index in [-0.39, 0.29) is 0 Å². The largest absolute Gasteiger partial charge is 0.478 e. The summed E-state index contributed by atoms with van der Waals surface area (Å²) in [6.07, 6.45) is 1.84. The van der Waals surface area contributed by atoms with E-state index in [9.17, 15) is 4.79 Å². The predicted octanol–water partition coefficient (Wildman–Crippen LogP) is 1.75. The van der Waals surface area contributed by atoms with Crippen LogP contribution in [0.25, 0.3) is 0 Å². The molecule has 1 aliphatic rings. The van der Waals surface area contributed by atoms with Gasteiger partial charge < -0.3 is 10.0 Å². The van der Waals surface area contributed by atoms with Gasteiger partial charge in [-0.15, -0.1) is 0 Å². The van der Waals surface area contributed by atoms with Crippen LogP contribution in [0.15, 0.2) is 11.1 Å². The van der Waals surface area contributed by atoms with Crippen molar-refractivity contribution in [2.45, 2.75) is 26.7 Å². The minimum absolute atomic E-state index is 0.544. The summed E-state index contributed by atoms with van der Waals surface area (Å²) in [5, 5.41) is 9.05. The number of hydrogen-bond donors (Lipinski definition) is 1. The van der Waals surface area contributed by atoms with Crippen LogP contribution in [-0.2, 0) is 4.79 Å². The number of carbonyl (C=O) groups is 1. The van der Waals surface area contributed by atoms with Gasteiger partial charge in [-0.3, -0.25) is 0 Å². The number of likely N-dealkylation sites (N-methyl/N-ethyl adjacent to an activating group) is 1. The maximum absolute atomic E-state index is 11.0. The number of carboxylic acid groups (broad SMARTS) is 1. The van der Waals surface area contributed by atoms with Gasteiger partial charge in [-0.05, 0) is 25.8 Å². The summed E-state index contributed by atoms with van der Waals surface area (Å²) >= 11 is 0. The Hall–Kier alpha value is -0.830. The molecule has 0 aromatic carbocycles. The van der Waals surface area contributed by atoms with Crippen molar-refractivity contribution < 1.29 is 9.90 Å². The van der Waals surface area contributed by atoms with E-state index in [1.807, 2.05) is 7.05 Å². The van der Waals surface area contributed by atoms with Gasteiger partial charge in [0.15, 0.2) is 0 Å². The number of hydrogen-bond acceptors (Lipinski definition) is 2. The molecule has 0 spiro atoms. The van der Waals surface area contributed by atoms with Gasteiger partial charge >= 0.3 is 5.97 Å².